The average Bonchev–Trinajstić information content (AvgIpc) is 3.21. The van der Waals surface area contributed by atoms with Gasteiger partial charge in [-0.2, -0.15) is 5.26 Å². The van der Waals surface area contributed by atoms with Crippen molar-refractivity contribution in [3.05, 3.63) is 51.6 Å². The molecule has 4 rings (SSSR count). The van der Waals surface area contributed by atoms with Gasteiger partial charge in [-0.05, 0) is 54.9 Å². The second-order valence-corrected chi connectivity index (χ2v) is 8.53. The molecule has 0 fully saturated rings. The van der Waals surface area contributed by atoms with E-state index in [0.29, 0.717) is 16.5 Å². The van der Waals surface area contributed by atoms with Crippen LogP contribution in [0.1, 0.15) is 59.7 Å². The smallest absolute Gasteiger partial charge is 0.229 e. The molecule has 0 bridgehead atoms. The average molecular weight is 378 g/mol. The van der Waals surface area contributed by atoms with Gasteiger partial charge in [0.1, 0.15) is 16.7 Å². The molecule has 1 N–H and O–H groups in total. The minimum Gasteiger partial charge on any atom is -0.464 e. The Morgan fingerprint density at radius 3 is 2.93 bits per heavy atom. The molecule has 1 amide bonds. The van der Waals surface area contributed by atoms with Gasteiger partial charge in [-0.1, -0.05) is 19.9 Å². The van der Waals surface area contributed by atoms with E-state index in [2.05, 4.69) is 37.4 Å². The van der Waals surface area contributed by atoms with Gasteiger partial charge in [-0.25, -0.2) is 0 Å². The maximum absolute atomic E-state index is 12.7. The van der Waals surface area contributed by atoms with Crippen LogP contribution < -0.4 is 5.32 Å². The van der Waals surface area contributed by atoms with Gasteiger partial charge in [0.2, 0.25) is 5.91 Å². The number of nitrogens with one attached hydrogen (secondary N) is 1. The second kappa shape index (κ2) is 7.21. The maximum Gasteiger partial charge on any atom is 0.229 e. The first-order chi connectivity index (χ1) is 13.1. The Kier molecular flexibility index (Phi) is 4.75. The minimum atomic E-state index is -0.109. The topological polar surface area (TPSA) is 66.0 Å². The number of carbonyl (C=O) groups is 1. The molecule has 1 aliphatic carbocycles. The molecule has 0 saturated heterocycles. The van der Waals surface area contributed by atoms with E-state index in [1.165, 1.54) is 10.4 Å². The Morgan fingerprint density at radius 1 is 1.33 bits per heavy atom. The molecule has 5 heteroatoms. The molecule has 27 heavy (non-hydrogen) atoms. The minimum absolute atomic E-state index is 0.109. The molecule has 0 radical (unpaired) electrons. The van der Waals surface area contributed by atoms with Crippen LogP contribution in [0.25, 0.3) is 11.0 Å². The van der Waals surface area contributed by atoms with Gasteiger partial charge in [0.05, 0.1) is 18.2 Å². The Morgan fingerprint density at radius 2 is 2.15 bits per heavy atom. The van der Waals surface area contributed by atoms with Crippen molar-refractivity contribution in [1.82, 2.24) is 0 Å². The number of carbonyl (C=O) groups excluding carboxylic acids is 1. The number of hydrogen-bond donors (Lipinski definition) is 1. The fraction of sp³-hybridized carbons (Fsp3) is 0.364. The van der Waals surface area contributed by atoms with Crippen LogP contribution in [0.3, 0.4) is 0 Å². The van der Waals surface area contributed by atoms with Crippen molar-refractivity contribution < 1.29 is 9.21 Å². The van der Waals surface area contributed by atoms with E-state index in [-0.39, 0.29) is 12.3 Å². The summed E-state index contributed by atoms with van der Waals surface area (Å²) in [6.45, 7) is 4.30. The third-order valence-corrected chi connectivity index (χ3v) is 6.44. The molecule has 4 nitrogen and oxygen atoms in total. The van der Waals surface area contributed by atoms with Crippen LogP contribution in [0.15, 0.2) is 28.9 Å². The second-order valence-electron chi connectivity index (χ2n) is 7.42. The van der Waals surface area contributed by atoms with E-state index in [9.17, 15) is 10.1 Å². The number of rotatable bonds is 4. The van der Waals surface area contributed by atoms with Gasteiger partial charge in [0.25, 0.3) is 0 Å². The number of nitriles is 1. The van der Waals surface area contributed by atoms with Crippen LogP contribution in [0.2, 0.25) is 0 Å². The van der Waals surface area contributed by atoms with Gasteiger partial charge in [0.15, 0.2) is 0 Å². The van der Waals surface area contributed by atoms with Crippen molar-refractivity contribution in [2.75, 3.05) is 5.32 Å². The summed E-state index contributed by atoms with van der Waals surface area (Å²) in [6, 6.07) is 8.43. The third kappa shape index (κ3) is 3.38. The fourth-order valence-electron chi connectivity index (χ4n) is 3.71. The SMILES string of the molecule is CC(C)c1ccc2occ(CC(=O)Nc3sc4c(c3C#N)CCCC4)c2c1. The molecule has 138 valence electrons. The molecule has 2 heterocycles. The van der Waals surface area contributed by atoms with Gasteiger partial charge in [-0.3, -0.25) is 4.79 Å². The van der Waals surface area contributed by atoms with E-state index in [1.807, 2.05) is 6.07 Å². The van der Waals surface area contributed by atoms with Gasteiger partial charge < -0.3 is 9.73 Å². The quantitative estimate of drug-likeness (QED) is 0.647. The van der Waals surface area contributed by atoms with Crippen molar-refractivity contribution in [1.29, 1.82) is 5.26 Å². The number of furan rings is 1. The summed E-state index contributed by atoms with van der Waals surface area (Å²) >= 11 is 1.56. The van der Waals surface area contributed by atoms with E-state index in [1.54, 1.807) is 17.6 Å². The van der Waals surface area contributed by atoms with Crippen LogP contribution in [0.5, 0.6) is 0 Å². The first kappa shape index (κ1) is 17.8. The lowest BCUT2D eigenvalue weighted by atomic mass is 9.96. The zero-order valence-corrected chi connectivity index (χ0v) is 16.4. The van der Waals surface area contributed by atoms with Gasteiger partial charge in [-0.15, -0.1) is 11.3 Å². The summed E-state index contributed by atoms with van der Waals surface area (Å²) < 4.78 is 5.62. The summed E-state index contributed by atoms with van der Waals surface area (Å²) in [5.41, 5.74) is 4.70. The fourth-order valence-corrected chi connectivity index (χ4v) is 4.97. The van der Waals surface area contributed by atoms with Gasteiger partial charge in [0, 0.05) is 15.8 Å². The van der Waals surface area contributed by atoms with E-state index in [0.717, 1.165) is 47.8 Å². The molecule has 1 aliphatic rings. The molecule has 0 atom stereocenters. The van der Waals surface area contributed by atoms with Crippen LogP contribution in [0, 0.1) is 11.3 Å². The Bertz CT molecular complexity index is 1050. The number of anilines is 1. The highest BCUT2D eigenvalue weighted by Gasteiger charge is 2.22. The number of amides is 1. The van der Waals surface area contributed by atoms with E-state index < -0.39 is 0 Å². The number of nitrogens with zero attached hydrogens (tertiary/aromatic N) is 1. The molecule has 0 spiro atoms. The lowest BCUT2D eigenvalue weighted by molar-refractivity contribution is -0.115. The zero-order valence-electron chi connectivity index (χ0n) is 15.6. The number of hydrogen-bond acceptors (Lipinski definition) is 4. The molecular weight excluding hydrogens is 356 g/mol. The summed E-state index contributed by atoms with van der Waals surface area (Å²) in [6.07, 6.45) is 6.13. The summed E-state index contributed by atoms with van der Waals surface area (Å²) in [7, 11) is 0. The molecule has 0 saturated carbocycles. The molecule has 2 aromatic heterocycles. The van der Waals surface area contributed by atoms with Crippen molar-refractivity contribution in [2.45, 2.75) is 51.9 Å². The van der Waals surface area contributed by atoms with Crippen molar-refractivity contribution in [3.63, 3.8) is 0 Å². The Hall–Kier alpha value is -2.58. The first-order valence-corrected chi connectivity index (χ1v) is 10.2. The summed E-state index contributed by atoms with van der Waals surface area (Å²) in [5, 5.41) is 14.2. The molecule has 1 aromatic carbocycles. The standard InChI is InChI=1S/C22H22N2O2S/c1-13(2)14-7-8-19-17(9-14)15(12-26-19)10-21(25)24-22-18(11-23)16-5-3-4-6-20(16)27-22/h7-9,12-13H,3-6,10H2,1-2H3,(H,24,25). The number of thiophene rings is 1. The predicted octanol–water partition coefficient (Wildman–Crippen LogP) is 5.55. The third-order valence-electron chi connectivity index (χ3n) is 5.23. The molecule has 3 aromatic rings. The van der Waals surface area contributed by atoms with E-state index in [4.69, 9.17) is 4.42 Å². The summed E-state index contributed by atoms with van der Waals surface area (Å²) in [4.78, 5) is 13.9. The van der Waals surface area contributed by atoms with Crippen LogP contribution in [-0.4, -0.2) is 5.91 Å². The normalized spacial score (nSPS) is 13.6. The monoisotopic (exact) mass is 378 g/mol. The van der Waals surface area contributed by atoms with Crippen molar-refractivity contribution >= 4 is 33.2 Å². The van der Waals surface area contributed by atoms with Crippen LogP contribution in [-0.2, 0) is 24.1 Å². The highest BCUT2D eigenvalue weighted by Crippen LogP contribution is 2.37. The Labute approximate surface area is 162 Å². The lowest BCUT2D eigenvalue weighted by Gasteiger charge is -2.09. The highest BCUT2D eigenvalue weighted by atomic mass is 32.1. The number of aryl methyl sites for hydroxylation is 1. The lowest BCUT2D eigenvalue weighted by Crippen LogP contribution is -2.14. The predicted molar refractivity (Wildman–Crippen MR) is 108 cm³/mol. The van der Waals surface area contributed by atoms with Gasteiger partial charge >= 0.3 is 0 Å². The first-order valence-electron chi connectivity index (χ1n) is 9.41. The molecule has 0 aliphatic heterocycles. The zero-order chi connectivity index (χ0) is 19.0. The van der Waals surface area contributed by atoms with Crippen LogP contribution in [0.4, 0.5) is 5.00 Å². The van der Waals surface area contributed by atoms with Crippen molar-refractivity contribution in [2.24, 2.45) is 0 Å². The van der Waals surface area contributed by atoms with E-state index >= 15 is 0 Å². The number of fused-ring (bicyclic) bond motifs is 2. The highest BCUT2D eigenvalue weighted by molar-refractivity contribution is 7.16. The van der Waals surface area contributed by atoms with Crippen molar-refractivity contribution in [3.8, 4) is 6.07 Å². The summed E-state index contributed by atoms with van der Waals surface area (Å²) in [5.74, 6) is 0.310. The Balaban J connectivity index is 1.57. The largest absolute Gasteiger partial charge is 0.464 e. The van der Waals surface area contributed by atoms with Crippen LogP contribution >= 0.6 is 11.3 Å². The maximum atomic E-state index is 12.7. The molecular formula is C22H22N2O2S. The number of benzene rings is 1. The molecule has 0 unspecified atom stereocenters.